The molecule has 0 radical (unpaired) electrons. The molecule has 3 amide bonds. The van der Waals surface area contributed by atoms with E-state index in [1.807, 2.05) is 6.92 Å². The summed E-state index contributed by atoms with van der Waals surface area (Å²) in [6.45, 7) is 5.04. The van der Waals surface area contributed by atoms with Gasteiger partial charge >= 0.3 is 5.97 Å². The van der Waals surface area contributed by atoms with Gasteiger partial charge in [0.05, 0.1) is 6.04 Å². The van der Waals surface area contributed by atoms with E-state index in [0.717, 1.165) is 5.56 Å². The van der Waals surface area contributed by atoms with Crippen LogP contribution >= 0.6 is 12.6 Å². The third kappa shape index (κ3) is 8.39. The molecule has 7 N–H and O–H groups in total. The van der Waals surface area contributed by atoms with E-state index in [9.17, 15) is 24.3 Å². The van der Waals surface area contributed by atoms with Crippen LogP contribution in [-0.4, -0.2) is 63.8 Å². The molecule has 0 aliphatic rings. The van der Waals surface area contributed by atoms with Crippen LogP contribution in [0.15, 0.2) is 24.3 Å². The number of thiol groups is 1. The molecule has 5 atom stereocenters. The van der Waals surface area contributed by atoms with Crippen LogP contribution in [0, 0.1) is 5.92 Å². The highest BCUT2D eigenvalue weighted by molar-refractivity contribution is 7.80. The zero-order valence-corrected chi connectivity index (χ0v) is 19.3. The zero-order valence-electron chi connectivity index (χ0n) is 18.4. The molecule has 11 heteroatoms. The van der Waals surface area contributed by atoms with Gasteiger partial charge in [0.1, 0.15) is 23.9 Å². The van der Waals surface area contributed by atoms with E-state index in [4.69, 9.17) is 10.8 Å². The minimum absolute atomic E-state index is 0.0982. The van der Waals surface area contributed by atoms with Crippen LogP contribution in [0.1, 0.15) is 32.8 Å². The molecule has 0 heterocycles. The molecule has 32 heavy (non-hydrogen) atoms. The van der Waals surface area contributed by atoms with Gasteiger partial charge in [-0.25, -0.2) is 4.79 Å². The quantitative estimate of drug-likeness (QED) is 0.208. The van der Waals surface area contributed by atoms with Crippen LogP contribution in [0.2, 0.25) is 0 Å². The SMILES string of the molecule is CCC(C)C(NC(=O)C(C)NC(=O)C(N)Cc1ccc(O)cc1)C(=O)NC(CS)C(=O)O. The average Bonchev–Trinajstić information content (AvgIpc) is 2.75. The molecule has 0 saturated heterocycles. The maximum absolute atomic E-state index is 12.6. The Labute approximate surface area is 192 Å². The van der Waals surface area contributed by atoms with Crippen molar-refractivity contribution in [3.8, 4) is 5.75 Å². The summed E-state index contributed by atoms with van der Waals surface area (Å²) in [4.78, 5) is 48.7. The van der Waals surface area contributed by atoms with Gasteiger partial charge in [-0.15, -0.1) is 0 Å². The Hall–Kier alpha value is -2.79. The first-order valence-electron chi connectivity index (χ1n) is 10.3. The van der Waals surface area contributed by atoms with E-state index in [2.05, 4.69) is 28.6 Å². The number of amides is 3. The number of aromatic hydroxyl groups is 1. The minimum Gasteiger partial charge on any atom is -0.508 e. The number of phenols is 1. The largest absolute Gasteiger partial charge is 0.508 e. The smallest absolute Gasteiger partial charge is 0.327 e. The Morgan fingerprint density at radius 1 is 1.00 bits per heavy atom. The molecule has 0 saturated carbocycles. The number of phenolic OH excluding ortho intramolecular Hbond substituents is 1. The van der Waals surface area contributed by atoms with Crippen molar-refractivity contribution in [1.29, 1.82) is 0 Å². The second-order valence-electron chi connectivity index (χ2n) is 7.66. The van der Waals surface area contributed by atoms with E-state index in [1.54, 1.807) is 19.1 Å². The van der Waals surface area contributed by atoms with Gasteiger partial charge in [0.15, 0.2) is 0 Å². The number of rotatable bonds is 12. The number of benzene rings is 1. The number of carboxylic acid groups (broad SMARTS) is 1. The molecular formula is C21H32N4O6S. The van der Waals surface area contributed by atoms with Gasteiger partial charge in [0.25, 0.3) is 0 Å². The molecule has 0 spiro atoms. The summed E-state index contributed by atoms with van der Waals surface area (Å²) in [6.07, 6.45) is 0.758. The van der Waals surface area contributed by atoms with Crippen molar-refractivity contribution in [2.24, 2.45) is 11.7 Å². The summed E-state index contributed by atoms with van der Waals surface area (Å²) in [7, 11) is 0. The third-order valence-electron chi connectivity index (χ3n) is 5.07. The summed E-state index contributed by atoms with van der Waals surface area (Å²) >= 11 is 3.92. The molecule has 178 valence electrons. The van der Waals surface area contributed by atoms with E-state index >= 15 is 0 Å². The van der Waals surface area contributed by atoms with Crippen molar-refractivity contribution in [3.63, 3.8) is 0 Å². The number of carbonyl (C=O) groups is 4. The van der Waals surface area contributed by atoms with Crippen molar-refractivity contribution in [2.75, 3.05) is 5.75 Å². The molecule has 1 rings (SSSR count). The first-order valence-corrected chi connectivity index (χ1v) is 10.9. The fraction of sp³-hybridized carbons (Fsp3) is 0.524. The monoisotopic (exact) mass is 468 g/mol. The highest BCUT2D eigenvalue weighted by Gasteiger charge is 2.31. The van der Waals surface area contributed by atoms with Gasteiger partial charge in [-0.2, -0.15) is 12.6 Å². The van der Waals surface area contributed by atoms with Crippen molar-refractivity contribution >= 4 is 36.3 Å². The molecule has 1 aromatic rings. The Bertz CT molecular complexity index is 804. The Balaban J connectivity index is 2.73. The first-order chi connectivity index (χ1) is 15.0. The molecule has 0 aliphatic heterocycles. The van der Waals surface area contributed by atoms with E-state index in [-0.39, 0.29) is 23.8 Å². The number of hydrogen-bond donors (Lipinski definition) is 7. The normalized spacial score (nSPS) is 15.5. The molecule has 10 nitrogen and oxygen atoms in total. The number of nitrogens with two attached hydrogens (primary N) is 1. The van der Waals surface area contributed by atoms with Crippen LogP contribution in [0.5, 0.6) is 5.75 Å². The number of aliphatic carboxylic acids is 1. The lowest BCUT2D eigenvalue weighted by Crippen LogP contribution is -2.58. The maximum atomic E-state index is 12.6. The van der Waals surface area contributed by atoms with Crippen molar-refractivity contribution in [2.45, 2.75) is 57.8 Å². The Kier molecular flexibility index (Phi) is 11.0. The number of hydrogen-bond acceptors (Lipinski definition) is 7. The minimum atomic E-state index is -1.23. The number of carbonyl (C=O) groups excluding carboxylic acids is 3. The van der Waals surface area contributed by atoms with E-state index in [0.29, 0.717) is 6.42 Å². The average molecular weight is 469 g/mol. The summed E-state index contributed by atoms with van der Waals surface area (Å²) in [6, 6.07) is 2.18. The van der Waals surface area contributed by atoms with Crippen LogP contribution in [0.25, 0.3) is 0 Å². The van der Waals surface area contributed by atoms with Gasteiger partial charge in [0.2, 0.25) is 17.7 Å². The van der Waals surface area contributed by atoms with Crippen molar-refractivity contribution in [1.82, 2.24) is 16.0 Å². The lowest BCUT2D eigenvalue weighted by atomic mass is 9.97. The summed E-state index contributed by atoms with van der Waals surface area (Å²) in [5.41, 5.74) is 6.66. The van der Waals surface area contributed by atoms with Gasteiger partial charge in [-0.05, 0) is 37.0 Å². The third-order valence-corrected chi connectivity index (χ3v) is 5.44. The summed E-state index contributed by atoms with van der Waals surface area (Å²) < 4.78 is 0. The van der Waals surface area contributed by atoms with Gasteiger partial charge < -0.3 is 31.9 Å². The van der Waals surface area contributed by atoms with Crippen LogP contribution in [-0.2, 0) is 25.6 Å². The van der Waals surface area contributed by atoms with E-state index < -0.39 is 47.9 Å². The van der Waals surface area contributed by atoms with E-state index in [1.165, 1.54) is 19.1 Å². The Morgan fingerprint density at radius 3 is 2.09 bits per heavy atom. The van der Waals surface area contributed by atoms with Crippen molar-refractivity contribution < 1.29 is 29.4 Å². The zero-order chi connectivity index (χ0) is 24.4. The predicted molar refractivity (Wildman–Crippen MR) is 122 cm³/mol. The molecule has 0 aromatic heterocycles. The van der Waals surface area contributed by atoms with Crippen molar-refractivity contribution in [3.05, 3.63) is 29.8 Å². The second-order valence-corrected chi connectivity index (χ2v) is 8.03. The number of nitrogens with one attached hydrogen (secondary N) is 3. The highest BCUT2D eigenvalue weighted by atomic mass is 32.1. The molecule has 1 aromatic carbocycles. The lowest BCUT2D eigenvalue weighted by molar-refractivity contribution is -0.142. The summed E-state index contributed by atoms with van der Waals surface area (Å²) in [5, 5.41) is 25.9. The highest BCUT2D eigenvalue weighted by Crippen LogP contribution is 2.11. The summed E-state index contributed by atoms with van der Waals surface area (Å²) in [5.74, 6) is -3.32. The predicted octanol–water partition coefficient (Wildman–Crippen LogP) is -0.203. The Morgan fingerprint density at radius 2 is 1.59 bits per heavy atom. The number of carboxylic acids is 1. The van der Waals surface area contributed by atoms with Gasteiger partial charge in [-0.1, -0.05) is 32.4 Å². The fourth-order valence-electron chi connectivity index (χ4n) is 2.79. The first kappa shape index (κ1) is 27.2. The molecule has 0 aliphatic carbocycles. The molecule has 0 bridgehead atoms. The second kappa shape index (κ2) is 12.9. The molecular weight excluding hydrogens is 436 g/mol. The van der Waals surface area contributed by atoms with Crippen LogP contribution < -0.4 is 21.7 Å². The molecule has 0 fully saturated rings. The van der Waals surface area contributed by atoms with Gasteiger partial charge in [-0.3, -0.25) is 14.4 Å². The molecule has 5 unspecified atom stereocenters. The maximum Gasteiger partial charge on any atom is 0.327 e. The lowest BCUT2D eigenvalue weighted by Gasteiger charge is -2.27. The van der Waals surface area contributed by atoms with Crippen LogP contribution in [0.3, 0.4) is 0 Å². The van der Waals surface area contributed by atoms with Gasteiger partial charge in [0, 0.05) is 5.75 Å². The van der Waals surface area contributed by atoms with Crippen LogP contribution in [0.4, 0.5) is 0 Å². The standard InChI is InChI=1S/C21H32N4O6S/c1-4-11(2)17(20(29)24-16(10-32)21(30)31)25-18(27)12(3)23-19(28)15(22)9-13-5-7-14(26)8-6-13/h5-8,11-12,15-17,26,32H,4,9-10,22H2,1-3H3,(H,23,28)(H,24,29)(H,25,27)(H,30,31). The topological polar surface area (TPSA) is 171 Å². The fourth-order valence-corrected chi connectivity index (χ4v) is 3.04.